The lowest BCUT2D eigenvalue weighted by atomic mass is 10.0. The highest BCUT2D eigenvalue weighted by atomic mass is 32.2. The molecule has 5 rings (SSSR count). The first-order valence-electron chi connectivity index (χ1n) is 11.3. The van der Waals surface area contributed by atoms with Crippen LogP contribution in [0.1, 0.15) is 28.8 Å². The SMILES string of the molecule is Cc1cccc2c1-c1cc3ccc4cc3n1CC(CCNCCCNS(=O)(=O)NC4=O)CO2. The van der Waals surface area contributed by atoms with Gasteiger partial charge >= 0.3 is 10.2 Å². The van der Waals surface area contributed by atoms with Crippen LogP contribution in [0.4, 0.5) is 0 Å². The monoisotopic (exact) mass is 468 g/mol. The first-order chi connectivity index (χ1) is 15.9. The van der Waals surface area contributed by atoms with Gasteiger partial charge in [-0.15, -0.1) is 0 Å². The molecule has 1 unspecified atom stereocenters. The third-order valence-corrected chi connectivity index (χ3v) is 7.39. The molecule has 2 aromatic carbocycles. The van der Waals surface area contributed by atoms with Crippen LogP contribution >= 0.6 is 0 Å². The maximum Gasteiger partial charge on any atom is 0.301 e. The van der Waals surface area contributed by atoms with E-state index in [1.54, 1.807) is 12.1 Å². The Morgan fingerprint density at radius 2 is 1.97 bits per heavy atom. The molecule has 0 spiro atoms. The number of rotatable bonds is 0. The summed E-state index contributed by atoms with van der Waals surface area (Å²) in [5.74, 6) is 0.498. The van der Waals surface area contributed by atoms with Gasteiger partial charge in [-0.1, -0.05) is 18.2 Å². The normalized spacial score (nSPS) is 21.1. The summed E-state index contributed by atoms with van der Waals surface area (Å²) in [5, 5.41) is 4.39. The number of aromatic nitrogens is 1. The lowest BCUT2D eigenvalue weighted by molar-refractivity contribution is 0.0981. The average molecular weight is 469 g/mol. The number of ether oxygens (including phenoxy) is 1. The lowest BCUT2D eigenvalue weighted by Gasteiger charge is -2.26. The highest BCUT2D eigenvalue weighted by molar-refractivity contribution is 7.88. The summed E-state index contributed by atoms with van der Waals surface area (Å²) < 4.78 is 37.7. The van der Waals surface area contributed by atoms with E-state index in [-0.39, 0.29) is 12.5 Å². The van der Waals surface area contributed by atoms with Crippen molar-refractivity contribution in [1.82, 2.24) is 19.3 Å². The molecule has 3 aromatic rings. The van der Waals surface area contributed by atoms with Gasteiger partial charge in [-0.25, -0.2) is 4.72 Å². The molecule has 2 aliphatic rings. The van der Waals surface area contributed by atoms with Crippen LogP contribution in [0.15, 0.2) is 42.5 Å². The minimum atomic E-state index is -3.92. The number of nitrogens with one attached hydrogen (secondary N) is 3. The van der Waals surface area contributed by atoms with E-state index in [1.807, 2.05) is 18.2 Å². The molecule has 4 bridgehead atoms. The van der Waals surface area contributed by atoms with Crippen LogP contribution < -0.4 is 19.5 Å². The second-order valence-electron chi connectivity index (χ2n) is 8.76. The van der Waals surface area contributed by atoms with Gasteiger partial charge in [-0.2, -0.15) is 13.1 Å². The van der Waals surface area contributed by atoms with Crippen molar-refractivity contribution < 1.29 is 17.9 Å². The topological polar surface area (TPSA) is 101 Å². The van der Waals surface area contributed by atoms with E-state index in [9.17, 15) is 13.2 Å². The minimum absolute atomic E-state index is 0.254. The fourth-order valence-corrected chi connectivity index (χ4v) is 5.50. The van der Waals surface area contributed by atoms with Gasteiger partial charge in [0.15, 0.2) is 0 Å². The van der Waals surface area contributed by atoms with E-state index in [1.165, 1.54) is 0 Å². The van der Waals surface area contributed by atoms with Crippen molar-refractivity contribution in [1.29, 1.82) is 0 Å². The molecule has 33 heavy (non-hydrogen) atoms. The van der Waals surface area contributed by atoms with Gasteiger partial charge in [-0.05, 0) is 62.7 Å². The zero-order valence-electron chi connectivity index (χ0n) is 18.6. The van der Waals surface area contributed by atoms with Gasteiger partial charge in [0.05, 0.1) is 12.3 Å². The van der Waals surface area contributed by atoms with Crippen LogP contribution in [-0.2, 0) is 16.8 Å². The van der Waals surface area contributed by atoms with Gasteiger partial charge < -0.3 is 14.6 Å². The summed E-state index contributed by atoms with van der Waals surface area (Å²) in [7, 11) is -3.92. The number of fused-ring (bicyclic) bond motifs is 4. The standard InChI is InChI=1S/C24H28N4O4S/c1-16-4-2-5-22-23(16)21-12-18-6-7-19-13-20(18)28(21)14-17(15-32-22)8-11-25-9-3-10-26-33(30,31)27-24(19)29/h2,4-7,12-13,17,25-26H,3,8-11,14-15H2,1H3,(H,27,29). The number of carbonyl (C=O) groups is 1. The Hall–Kier alpha value is -2.88. The van der Waals surface area contributed by atoms with E-state index in [2.05, 4.69) is 38.4 Å². The number of hydrogen-bond donors (Lipinski definition) is 3. The number of carbonyl (C=O) groups excluding carboxylic acids is 1. The lowest BCUT2D eigenvalue weighted by Crippen LogP contribution is -2.41. The average Bonchev–Trinajstić information content (AvgIpc) is 3.10. The summed E-state index contributed by atoms with van der Waals surface area (Å²) >= 11 is 0. The molecule has 1 amide bonds. The van der Waals surface area contributed by atoms with Crippen molar-refractivity contribution in [3.8, 4) is 17.0 Å². The molecular weight excluding hydrogens is 440 g/mol. The molecule has 8 nitrogen and oxygen atoms in total. The predicted molar refractivity (Wildman–Crippen MR) is 128 cm³/mol. The molecule has 174 valence electrons. The van der Waals surface area contributed by atoms with Crippen molar-refractivity contribution in [2.75, 3.05) is 26.2 Å². The second-order valence-corrected chi connectivity index (χ2v) is 10.3. The minimum Gasteiger partial charge on any atom is -0.493 e. The predicted octanol–water partition coefficient (Wildman–Crippen LogP) is 2.57. The number of benzene rings is 2. The fourth-order valence-electron chi connectivity index (χ4n) is 4.65. The molecule has 3 N–H and O–H groups in total. The Bertz CT molecular complexity index is 1320. The largest absolute Gasteiger partial charge is 0.493 e. The summed E-state index contributed by atoms with van der Waals surface area (Å²) in [6.45, 7) is 5.19. The summed E-state index contributed by atoms with van der Waals surface area (Å²) in [5.41, 5.74) is 4.43. The smallest absolute Gasteiger partial charge is 0.301 e. The summed E-state index contributed by atoms with van der Waals surface area (Å²) in [6.07, 6.45) is 1.55. The Balaban J connectivity index is 1.66. The van der Waals surface area contributed by atoms with E-state index in [0.29, 0.717) is 25.1 Å². The van der Waals surface area contributed by atoms with Gasteiger partial charge in [0.2, 0.25) is 0 Å². The molecular formula is C24H28N4O4S. The van der Waals surface area contributed by atoms with E-state index in [4.69, 9.17) is 4.74 Å². The highest BCUT2D eigenvalue weighted by Crippen LogP contribution is 2.39. The Morgan fingerprint density at radius 1 is 1.09 bits per heavy atom. The number of hydrogen-bond acceptors (Lipinski definition) is 5. The maximum absolute atomic E-state index is 12.8. The Labute approximate surface area is 193 Å². The van der Waals surface area contributed by atoms with Gasteiger partial charge in [-0.3, -0.25) is 4.79 Å². The van der Waals surface area contributed by atoms with Crippen LogP contribution in [0.2, 0.25) is 0 Å². The van der Waals surface area contributed by atoms with Crippen LogP contribution in [0.25, 0.3) is 22.2 Å². The van der Waals surface area contributed by atoms with Gasteiger partial charge in [0.25, 0.3) is 5.91 Å². The molecule has 0 aliphatic carbocycles. The highest BCUT2D eigenvalue weighted by Gasteiger charge is 2.24. The van der Waals surface area contributed by atoms with Crippen LogP contribution in [0.5, 0.6) is 5.75 Å². The third-order valence-electron chi connectivity index (χ3n) is 6.35. The molecule has 0 fully saturated rings. The zero-order valence-corrected chi connectivity index (χ0v) is 19.4. The van der Waals surface area contributed by atoms with Gasteiger partial charge in [0, 0.05) is 41.0 Å². The van der Waals surface area contributed by atoms with Crippen LogP contribution in [-0.4, -0.2) is 45.1 Å². The maximum atomic E-state index is 12.8. The quantitative estimate of drug-likeness (QED) is 0.471. The summed E-state index contributed by atoms with van der Waals surface area (Å²) in [4.78, 5) is 12.8. The Kier molecular flexibility index (Phi) is 5.86. The van der Waals surface area contributed by atoms with E-state index >= 15 is 0 Å². The summed E-state index contributed by atoms with van der Waals surface area (Å²) in [6, 6.07) is 13.5. The molecule has 0 saturated heterocycles. The van der Waals surface area contributed by atoms with Gasteiger partial charge in [0.1, 0.15) is 5.75 Å². The molecule has 1 aromatic heterocycles. The van der Waals surface area contributed by atoms with Crippen LogP contribution in [0, 0.1) is 12.8 Å². The molecule has 0 saturated carbocycles. The number of aryl methyl sites for hydroxylation is 1. The molecule has 0 radical (unpaired) electrons. The third kappa shape index (κ3) is 4.48. The molecule has 3 heterocycles. The second kappa shape index (κ2) is 8.81. The van der Waals surface area contributed by atoms with Crippen molar-refractivity contribution in [3.05, 3.63) is 53.6 Å². The molecule has 9 heteroatoms. The Morgan fingerprint density at radius 3 is 2.85 bits per heavy atom. The molecule has 1 atom stereocenters. The van der Waals surface area contributed by atoms with Crippen LogP contribution in [0.3, 0.4) is 0 Å². The zero-order chi connectivity index (χ0) is 23.0. The van der Waals surface area contributed by atoms with E-state index < -0.39 is 16.1 Å². The number of nitrogens with zero attached hydrogens (tertiary/aromatic N) is 1. The van der Waals surface area contributed by atoms with Crippen molar-refractivity contribution in [2.24, 2.45) is 5.92 Å². The van der Waals surface area contributed by atoms with Crippen molar-refractivity contribution in [3.63, 3.8) is 0 Å². The molecule has 2 aliphatic heterocycles. The van der Waals surface area contributed by atoms with Crippen molar-refractivity contribution in [2.45, 2.75) is 26.3 Å². The van der Waals surface area contributed by atoms with E-state index in [0.717, 1.165) is 53.0 Å². The first-order valence-corrected chi connectivity index (χ1v) is 12.8. The first kappa shape index (κ1) is 21.9. The number of amides is 1. The van der Waals surface area contributed by atoms with Crippen molar-refractivity contribution >= 4 is 27.0 Å². The fraction of sp³-hybridized carbons (Fsp3) is 0.375.